The molecule has 2 aromatic heterocycles. The summed E-state index contributed by atoms with van der Waals surface area (Å²) in [5.41, 5.74) is 2.71. The number of aromatic nitrogens is 4. The first kappa shape index (κ1) is 20.9. The number of nitrogens with one attached hydrogen (secondary N) is 4. The standard InChI is InChI=1S/C23H32N8O/c1-13-5-14(2)28-22(27-13)30-21(25-4-3-19-11-24-12-26-19)31-23(32)29-20-17-7-15-6-16(9-17)10-18(20)8-15/h5,11-12,15-18,20H,3-4,6-10H2,1-2H3,(H,24,26)(H3,25,27,28,29,30,31,32). The van der Waals surface area contributed by atoms with E-state index in [0.29, 0.717) is 36.7 Å². The zero-order valence-corrected chi connectivity index (χ0v) is 18.8. The number of carbonyl (C=O) groups is 1. The second-order valence-corrected chi connectivity index (χ2v) is 9.71. The Kier molecular flexibility index (Phi) is 5.80. The topological polar surface area (TPSA) is 120 Å². The third-order valence-corrected chi connectivity index (χ3v) is 7.17. The molecule has 4 saturated carbocycles. The number of H-pyrrole nitrogens is 1. The summed E-state index contributed by atoms with van der Waals surface area (Å²) >= 11 is 0. The highest BCUT2D eigenvalue weighted by molar-refractivity contribution is 6.03. The molecule has 0 aliphatic heterocycles. The van der Waals surface area contributed by atoms with Crippen LogP contribution in [0.4, 0.5) is 10.7 Å². The van der Waals surface area contributed by atoms with E-state index in [1.165, 1.54) is 32.1 Å². The Morgan fingerprint density at radius 3 is 2.41 bits per heavy atom. The van der Waals surface area contributed by atoms with Crippen molar-refractivity contribution >= 4 is 17.9 Å². The Bertz CT molecular complexity index is 938. The van der Waals surface area contributed by atoms with Crippen LogP contribution in [0.15, 0.2) is 23.6 Å². The Morgan fingerprint density at radius 1 is 1.09 bits per heavy atom. The van der Waals surface area contributed by atoms with E-state index in [0.717, 1.165) is 28.9 Å². The van der Waals surface area contributed by atoms with Gasteiger partial charge >= 0.3 is 6.03 Å². The van der Waals surface area contributed by atoms with Crippen LogP contribution in [0.25, 0.3) is 0 Å². The number of hydrogen-bond donors (Lipinski definition) is 4. The van der Waals surface area contributed by atoms with Crippen molar-refractivity contribution < 1.29 is 4.79 Å². The lowest BCUT2D eigenvalue weighted by Gasteiger charge is -2.54. The molecule has 4 bridgehead atoms. The monoisotopic (exact) mass is 436 g/mol. The van der Waals surface area contributed by atoms with Gasteiger partial charge in [0, 0.05) is 42.3 Å². The molecule has 0 radical (unpaired) electrons. The van der Waals surface area contributed by atoms with Crippen molar-refractivity contribution in [1.82, 2.24) is 30.6 Å². The van der Waals surface area contributed by atoms with Crippen LogP contribution in [0.1, 0.15) is 49.2 Å². The minimum atomic E-state index is -0.209. The van der Waals surface area contributed by atoms with Crippen LogP contribution in [0, 0.1) is 37.5 Å². The maximum absolute atomic E-state index is 13.0. The molecule has 0 saturated heterocycles. The third kappa shape index (κ3) is 4.76. The molecule has 170 valence electrons. The molecule has 2 amide bonds. The number of nitrogens with zero attached hydrogens (tertiary/aromatic N) is 4. The Morgan fingerprint density at radius 2 is 1.78 bits per heavy atom. The van der Waals surface area contributed by atoms with Gasteiger partial charge in [-0.05, 0) is 75.7 Å². The number of urea groups is 1. The maximum Gasteiger partial charge on any atom is 0.321 e. The Labute approximate surface area is 188 Å². The molecule has 9 heteroatoms. The van der Waals surface area contributed by atoms with E-state index in [1.807, 2.05) is 19.9 Å². The summed E-state index contributed by atoms with van der Waals surface area (Å²) in [5.74, 6) is 3.78. The molecular weight excluding hydrogens is 404 g/mol. The molecule has 32 heavy (non-hydrogen) atoms. The number of aliphatic imine (C=N–C) groups is 1. The fraction of sp³-hybridized carbons (Fsp3) is 0.609. The van der Waals surface area contributed by atoms with Gasteiger partial charge in [0.1, 0.15) is 0 Å². The lowest BCUT2D eigenvalue weighted by molar-refractivity contribution is -0.00922. The Balaban J connectivity index is 1.25. The molecule has 4 aliphatic rings. The summed E-state index contributed by atoms with van der Waals surface area (Å²) in [5, 5.41) is 9.31. The fourth-order valence-corrected chi connectivity index (χ4v) is 6.16. The van der Waals surface area contributed by atoms with Gasteiger partial charge in [-0.3, -0.25) is 15.6 Å². The maximum atomic E-state index is 13.0. The number of aromatic amines is 1. The van der Waals surface area contributed by atoms with Crippen molar-refractivity contribution in [2.75, 3.05) is 11.9 Å². The van der Waals surface area contributed by atoms with E-state index in [1.54, 1.807) is 12.5 Å². The molecule has 6 rings (SSSR count). The van der Waals surface area contributed by atoms with Crippen molar-refractivity contribution in [3.05, 3.63) is 35.7 Å². The zero-order chi connectivity index (χ0) is 22.1. The van der Waals surface area contributed by atoms with E-state index in [2.05, 4.69) is 40.9 Å². The molecule has 2 heterocycles. The summed E-state index contributed by atoms with van der Waals surface area (Å²) in [6.45, 7) is 4.33. The largest absolute Gasteiger partial charge is 0.348 e. The van der Waals surface area contributed by atoms with Gasteiger partial charge in [-0.15, -0.1) is 0 Å². The minimum absolute atomic E-state index is 0.209. The Hall–Kier alpha value is -2.97. The van der Waals surface area contributed by atoms with E-state index in [9.17, 15) is 4.79 Å². The number of guanidine groups is 1. The van der Waals surface area contributed by atoms with Crippen molar-refractivity contribution in [3.8, 4) is 0 Å². The van der Waals surface area contributed by atoms with Crippen LogP contribution >= 0.6 is 0 Å². The molecule has 0 unspecified atom stereocenters. The van der Waals surface area contributed by atoms with Gasteiger partial charge < -0.3 is 10.3 Å². The van der Waals surface area contributed by atoms with Gasteiger partial charge in [0.25, 0.3) is 0 Å². The first-order chi connectivity index (χ1) is 15.5. The zero-order valence-electron chi connectivity index (χ0n) is 18.8. The first-order valence-corrected chi connectivity index (χ1v) is 11.7. The van der Waals surface area contributed by atoms with Crippen LogP contribution in [0.5, 0.6) is 0 Å². The fourth-order valence-electron chi connectivity index (χ4n) is 6.16. The predicted octanol–water partition coefficient (Wildman–Crippen LogP) is 2.95. The predicted molar refractivity (Wildman–Crippen MR) is 122 cm³/mol. The number of amides is 2. The first-order valence-electron chi connectivity index (χ1n) is 11.7. The van der Waals surface area contributed by atoms with Gasteiger partial charge in [-0.25, -0.2) is 19.7 Å². The SMILES string of the molecule is Cc1cc(C)nc(NC(=NCCc2cnc[nH]2)NC(=O)NC2C3CC4CC(C3)CC2C4)n1. The van der Waals surface area contributed by atoms with E-state index in [4.69, 9.17) is 0 Å². The average molecular weight is 437 g/mol. The van der Waals surface area contributed by atoms with Crippen LogP contribution in [0.3, 0.4) is 0 Å². The number of hydrogen-bond acceptors (Lipinski definition) is 5. The third-order valence-electron chi connectivity index (χ3n) is 7.17. The van der Waals surface area contributed by atoms with Gasteiger partial charge in [-0.1, -0.05) is 0 Å². The lowest BCUT2D eigenvalue weighted by atomic mass is 9.54. The van der Waals surface area contributed by atoms with Crippen molar-refractivity contribution in [3.63, 3.8) is 0 Å². The molecule has 2 aromatic rings. The summed E-state index contributed by atoms with van der Waals surface area (Å²) in [7, 11) is 0. The summed E-state index contributed by atoms with van der Waals surface area (Å²) in [6.07, 6.45) is 10.6. The number of anilines is 1. The van der Waals surface area contributed by atoms with Crippen molar-refractivity contribution in [1.29, 1.82) is 0 Å². The lowest BCUT2D eigenvalue weighted by Crippen LogP contribution is -2.58. The van der Waals surface area contributed by atoms with Gasteiger partial charge in [0.2, 0.25) is 11.9 Å². The molecule has 0 spiro atoms. The van der Waals surface area contributed by atoms with E-state index in [-0.39, 0.29) is 12.1 Å². The molecule has 0 aromatic carbocycles. The van der Waals surface area contributed by atoms with Crippen molar-refractivity contribution in [2.45, 2.75) is 58.4 Å². The van der Waals surface area contributed by atoms with Gasteiger partial charge in [0.15, 0.2) is 0 Å². The molecule has 4 N–H and O–H groups in total. The smallest absolute Gasteiger partial charge is 0.321 e. The highest BCUT2D eigenvalue weighted by Gasteiger charge is 2.48. The van der Waals surface area contributed by atoms with Crippen LogP contribution in [0.2, 0.25) is 0 Å². The number of aryl methyl sites for hydroxylation is 2. The van der Waals surface area contributed by atoms with E-state index >= 15 is 0 Å². The second kappa shape index (κ2) is 8.88. The van der Waals surface area contributed by atoms with Crippen LogP contribution < -0.4 is 16.0 Å². The molecular formula is C23H32N8O. The number of imidazole rings is 1. The number of rotatable bonds is 5. The minimum Gasteiger partial charge on any atom is -0.348 e. The van der Waals surface area contributed by atoms with Crippen molar-refractivity contribution in [2.24, 2.45) is 28.7 Å². The highest BCUT2D eigenvalue weighted by atomic mass is 16.2. The van der Waals surface area contributed by atoms with Crippen LogP contribution in [-0.4, -0.2) is 44.5 Å². The van der Waals surface area contributed by atoms with E-state index < -0.39 is 0 Å². The second-order valence-electron chi connectivity index (χ2n) is 9.71. The molecule has 4 fully saturated rings. The molecule has 4 aliphatic carbocycles. The van der Waals surface area contributed by atoms with Gasteiger partial charge in [-0.2, -0.15) is 0 Å². The average Bonchev–Trinajstić information content (AvgIpc) is 3.23. The van der Waals surface area contributed by atoms with Gasteiger partial charge in [0.05, 0.1) is 6.33 Å². The summed E-state index contributed by atoms with van der Waals surface area (Å²) in [4.78, 5) is 33.5. The highest BCUT2D eigenvalue weighted by Crippen LogP contribution is 2.53. The number of carbonyl (C=O) groups excluding carboxylic acids is 1. The molecule has 9 nitrogen and oxygen atoms in total. The summed E-state index contributed by atoms with van der Waals surface area (Å²) in [6, 6.07) is 1.97. The molecule has 0 atom stereocenters. The quantitative estimate of drug-likeness (QED) is 0.424. The normalized spacial score (nSPS) is 28.6. The summed E-state index contributed by atoms with van der Waals surface area (Å²) < 4.78 is 0. The van der Waals surface area contributed by atoms with Crippen LogP contribution in [-0.2, 0) is 6.42 Å².